The minimum Gasteiger partial charge on any atom is -0.455 e. The Morgan fingerprint density at radius 3 is 2.92 bits per heavy atom. The summed E-state index contributed by atoms with van der Waals surface area (Å²) in [6.45, 7) is 1.40. The minimum atomic E-state index is -0.271. The second kappa shape index (κ2) is 5.16. The van der Waals surface area contributed by atoms with Crippen LogP contribution in [0.5, 0.6) is 0 Å². The summed E-state index contributed by atoms with van der Waals surface area (Å²) < 4.78 is 5.79. The molecular weight excluding hydrogens is 281 g/mol. The van der Waals surface area contributed by atoms with Crippen LogP contribution in [0.2, 0.25) is 0 Å². The maximum Gasteiger partial charge on any atom is 0.303 e. The van der Waals surface area contributed by atoms with Gasteiger partial charge in [-0.05, 0) is 12.1 Å². The highest BCUT2D eigenvalue weighted by molar-refractivity contribution is 14.1. The SMILES string of the molecule is CC(=O)OC(CI)c1ccccn1. The van der Waals surface area contributed by atoms with Crippen molar-refractivity contribution in [3.05, 3.63) is 30.1 Å². The molecule has 1 unspecified atom stereocenters. The number of hydrogen-bond donors (Lipinski definition) is 0. The summed E-state index contributed by atoms with van der Waals surface area (Å²) in [5.41, 5.74) is 0.798. The van der Waals surface area contributed by atoms with Gasteiger partial charge in [0.05, 0.1) is 5.69 Å². The van der Waals surface area contributed by atoms with Crippen molar-refractivity contribution in [2.45, 2.75) is 13.0 Å². The summed E-state index contributed by atoms with van der Waals surface area (Å²) in [7, 11) is 0. The van der Waals surface area contributed by atoms with Crippen LogP contribution in [0.3, 0.4) is 0 Å². The lowest BCUT2D eigenvalue weighted by Crippen LogP contribution is -2.10. The molecule has 0 fully saturated rings. The monoisotopic (exact) mass is 291 g/mol. The largest absolute Gasteiger partial charge is 0.455 e. The smallest absolute Gasteiger partial charge is 0.303 e. The summed E-state index contributed by atoms with van der Waals surface area (Å²) in [6, 6.07) is 5.57. The first-order valence-corrected chi connectivity index (χ1v) is 5.40. The van der Waals surface area contributed by atoms with Crippen LogP contribution in [0.15, 0.2) is 24.4 Å². The Morgan fingerprint density at radius 1 is 1.69 bits per heavy atom. The first-order chi connectivity index (χ1) is 6.24. The quantitative estimate of drug-likeness (QED) is 0.486. The third-order valence-corrected chi connectivity index (χ3v) is 2.27. The van der Waals surface area contributed by atoms with Gasteiger partial charge in [-0.25, -0.2) is 0 Å². The molecule has 0 bridgehead atoms. The highest BCUT2D eigenvalue weighted by Gasteiger charge is 2.13. The van der Waals surface area contributed by atoms with Crippen molar-refractivity contribution >= 4 is 28.6 Å². The molecule has 1 atom stereocenters. The summed E-state index contributed by atoms with van der Waals surface area (Å²) in [4.78, 5) is 14.9. The Hall–Kier alpha value is -0.650. The third-order valence-electron chi connectivity index (χ3n) is 1.47. The zero-order valence-corrected chi connectivity index (χ0v) is 9.39. The molecule has 0 aromatic carbocycles. The van der Waals surface area contributed by atoms with E-state index >= 15 is 0 Å². The fraction of sp³-hybridized carbons (Fsp3) is 0.333. The van der Waals surface area contributed by atoms with E-state index in [4.69, 9.17) is 4.74 Å². The maximum absolute atomic E-state index is 10.7. The maximum atomic E-state index is 10.7. The average molecular weight is 291 g/mol. The lowest BCUT2D eigenvalue weighted by Gasteiger charge is -2.12. The van der Waals surface area contributed by atoms with E-state index in [9.17, 15) is 4.79 Å². The summed E-state index contributed by atoms with van der Waals surface area (Å²) >= 11 is 2.17. The summed E-state index contributed by atoms with van der Waals surface area (Å²) in [5, 5.41) is 0. The lowest BCUT2D eigenvalue weighted by atomic mass is 10.2. The van der Waals surface area contributed by atoms with Crippen molar-refractivity contribution in [3.63, 3.8) is 0 Å². The van der Waals surface area contributed by atoms with Crippen LogP contribution in [0, 0.1) is 0 Å². The van der Waals surface area contributed by atoms with Gasteiger partial charge in [0.1, 0.15) is 0 Å². The number of carbonyl (C=O) groups is 1. The molecule has 0 N–H and O–H groups in total. The number of rotatable bonds is 3. The molecule has 0 aliphatic rings. The zero-order chi connectivity index (χ0) is 9.68. The molecule has 1 aromatic rings. The molecule has 70 valence electrons. The number of pyridine rings is 1. The van der Waals surface area contributed by atoms with E-state index in [-0.39, 0.29) is 12.1 Å². The lowest BCUT2D eigenvalue weighted by molar-refractivity contribution is -0.145. The minimum absolute atomic E-state index is 0.223. The second-order valence-corrected chi connectivity index (χ2v) is 3.39. The van der Waals surface area contributed by atoms with Gasteiger partial charge in [0.25, 0.3) is 0 Å². The molecule has 1 aromatic heterocycles. The Balaban J connectivity index is 2.73. The first-order valence-electron chi connectivity index (χ1n) is 3.88. The normalized spacial score (nSPS) is 12.2. The number of carbonyl (C=O) groups excluding carboxylic acids is 1. The highest BCUT2D eigenvalue weighted by Crippen LogP contribution is 2.17. The number of esters is 1. The molecule has 0 amide bonds. The van der Waals surface area contributed by atoms with Crippen molar-refractivity contribution in [2.24, 2.45) is 0 Å². The fourth-order valence-corrected chi connectivity index (χ4v) is 1.57. The van der Waals surface area contributed by atoms with E-state index in [1.165, 1.54) is 6.92 Å². The molecule has 0 saturated carbocycles. The number of nitrogens with zero attached hydrogens (tertiary/aromatic N) is 1. The van der Waals surface area contributed by atoms with Crippen molar-refractivity contribution in [1.82, 2.24) is 4.98 Å². The van der Waals surface area contributed by atoms with E-state index in [0.717, 1.165) is 5.69 Å². The number of halogens is 1. The molecule has 0 saturated heterocycles. The van der Waals surface area contributed by atoms with E-state index in [1.807, 2.05) is 18.2 Å². The standard InChI is InChI=1S/C9H10INO2/c1-7(12)13-9(6-10)8-4-2-3-5-11-8/h2-5,9H,6H2,1H3. The molecule has 0 aliphatic heterocycles. The molecule has 3 nitrogen and oxygen atoms in total. The predicted octanol–water partition coefficient (Wildman–Crippen LogP) is 2.12. The van der Waals surface area contributed by atoms with Crippen LogP contribution < -0.4 is 0 Å². The van der Waals surface area contributed by atoms with Crippen LogP contribution in [0.25, 0.3) is 0 Å². The van der Waals surface area contributed by atoms with Crippen LogP contribution in [-0.4, -0.2) is 15.4 Å². The average Bonchev–Trinajstić information content (AvgIpc) is 2.15. The van der Waals surface area contributed by atoms with Gasteiger partial charge in [-0.3, -0.25) is 9.78 Å². The first kappa shape index (κ1) is 10.4. The summed E-state index contributed by atoms with van der Waals surface area (Å²) in [5.74, 6) is -0.271. The van der Waals surface area contributed by atoms with Crippen molar-refractivity contribution in [3.8, 4) is 0 Å². The van der Waals surface area contributed by atoms with Crippen molar-refractivity contribution < 1.29 is 9.53 Å². The molecule has 1 rings (SSSR count). The molecule has 1 heterocycles. The number of ether oxygens (including phenoxy) is 1. The number of hydrogen-bond acceptors (Lipinski definition) is 3. The van der Waals surface area contributed by atoms with Crippen molar-refractivity contribution in [2.75, 3.05) is 4.43 Å². The van der Waals surface area contributed by atoms with Crippen LogP contribution in [-0.2, 0) is 9.53 Å². The van der Waals surface area contributed by atoms with Gasteiger partial charge in [-0.15, -0.1) is 0 Å². The topological polar surface area (TPSA) is 39.2 Å². The van der Waals surface area contributed by atoms with Gasteiger partial charge >= 0.3 is 5.97 Å². The van der Waals surface area contributed by atoms with Crippen LogP contribution in [0.1, 0.15) is 18.7 Å². The molecular formula is C9H10INO2. The predicted molar refractivity (Wildman–Crippen MR) is 57.6 cm³/mol. The zero-order valence-electron chi connectivity index (χ0n) is 7.24. The van der Waals surface area contributed by atoms with Gasteiger partial charge < -0.3 is 4.74 Å². The second-order valence-electron chi connectivity index (χ2n) is 2.51. The number of alkyl halides is 1. The van der Waals surface area contributed by atoms with E-state index in [0.29, 0.717) is 4.43 Å². The van der Waals surface area contributed by atoms with Gasteiger partial charge in [0.2, 0.25) is 0 Å². The van der Waals surface area contributed by atoms with Gasteiger partial charge in [-0.1, -0.05) is 28.7 Å². The molecule has 4 heteroatoms. The Morgan fingerprint density at radius 2 is 2.46 bits per heavy atom. The van der Waals surface area contributed by atoms with Crippen LogP contribution >= 0.6 is 22.6 Å². The highest BCUT2D eigenvalue weighted by atomic mass is 127. The van der Waals surface area contributed by atoms with Gasteiger partial charge in [0, 0.05) is 17.5 Å². The molecule has 0 spiro atoms. The molecule has 13 heavy (non-hydrogen) atoms. The molecule has 0 aliphatic carbocycles. The van der Waals surface area contributed by atoms with Gasteiger partial charge in [-0.2, -0.15) is 0 Å². The Bertz CT molecular complexity index is 276. The third kappa shape index (κ3) is 3.30. The fourth-order valence-electron chi connectivity index (χ4n) is 0.938. The Labute approximate surface area is 90.6 Å². The van der Waals surface area contributed by atoms with Crippen molar-refractivity contribution in [1.29, 1.82) is 0 Å². The van der Waals surface area contributed by atoms with Gasteiger partial charge in [0.15, 0.2) is 6.10 Å². The number of aromatic nitrogens is 1. The summed E-state index contributed by atoms with van der Waals surface area (Å²) in [6.07, 6.45) is 1.47. The van der Waals surface area contributed by atoms with E-state index in [2.05, 4.69) is 27.6 Å². The Kier molecular flexibility index (Phi) is 4.14. The van der Waals surface area contributed by atoms with E-state index < -0.39 is 0 Å². The molecule has 0 radical (unpaired) electrons. The van der Waals surface area contributed by atoms with E-state index in [1.54, 1.807) is 6.20 Å². The van der Waals surface area contributed by atoms with Crippen LogP contribution in [0.4, 0.5) is 0 Å².